The molecule has 0 saturated carbocycles. The molecule has 3 rings (SSSR count). The van der Waals surface area contributed by atoms with Gasteiger partial charge in [0.1, 0.15) is 5.75 Å². The van der Waals surface area contributed by atoms with Crippen molar-refractivity contribution in [2.24, 2.45) is 0 Å². The van der Waals surface area contributed by atoms with Crippen LogP contribution < -0.4 is 10.1 Å². The van der Waals surface area contributed by atoms with E-state index in [0.29, 0.717) is 6.61 Å². The highest BCUT2D eigenvalue weighted by molar-refractivity contribution is 5.85. The van der Waals surface area contributed by atoms with Gasteiger partial charge in [0.2, 0.25) is 0 Å². The molecule has 1 heterocycles. The Balaban J connectivity index is 0.00000192. The number of rotatable bonds is 7. The van der Waals surface area contributed by atoms with Crippen molar-refractivity contribution < 1.29 is 4.74 Å². The van der Waals surface area contributed by atoms with Crippen LogP contribution in [0.15, 0.2) is 54.7 Å². The van der Waals surface area contributed by atoms with Crippen LogP contribution in [-0.2, 0) is 13.0 Å². The van der Waals surface area contributed by atoms with Crippen molar-refractivity contribution in [3.05, 3.63) is 65.9 Å². The van der Waals surface area contributed by atoms with Crippen molar-refractivity contribution in [1.29, 1.82) is 0 Å². The lowest BCUT2D eigenvalue weighted by atomic mass is 10.1. The summed E-state index contributed by atoms with van der Waals surface area (Å²) >= 11 is 0. The van der Waals surface area contributed by atoms with E-state index in [1.54, 1.807) is 0 Å². The maximum Gasteiger partial charge on any atom is 0.119 e. The Labute approximate surface area is 143 Å². The fraction of sp³-hybridized carbons (Fsp3) is 0.263. The van der Waals surface area contributed by atoms with E-state index in [1.165, 1.54) is 22.0 Å². The summed E-state index contributed by atoms with van der Waals surface area (Å²) in [5.41, 5.74) is 3.83. The number of para-hydroxylation sites is 1. The summed E-state index contributed by atoms with van der Waals surface area (Å²) in [6.07, 6.45) is 3.14. The van der Waals surface area contributed by atoms with E-state index < -0.39 is 0 Å². The number of benzene rings is 2. The number of hydrogen-bond donors (Lipinski definition) is 2. The molecule has 0 unspecified atom stereocenters. The molecule has 0 amide bonds. The van der Waals surface area contributed by atoms with E-state index in [1.807, 2.05) is 19.1 Å². The molecule has 122 valence electrons. The Bertz CT molecular complexity index is 739. The van der Waals surface area contributed by atoms with Crippen molar-refractivity contribution in [3.63, 3.8) is 0 Å². The number of aromatic amines is 1. The molecule has 0 radical (unpaired) electrons. The van der Waals surface area contributed by atoms with Crippen LogP contribution in [-0.4, -0.2) is 18.1 Å². The molecule has 0 spiro atoms. The fourth-order valence-corrected chi connectivity index (χ4v) is 2.71. The normalized spacial score (nSPS) is 10.5. The second-order valence-corrected chi connectivity index (χ2v) is 5.37. The van der Waals surface area contributed by atoms with Crippen molar-refractivity contribution in [3.8, 4) is 5.75 Å². The lowest BCUT2D eigenvalue weighted by molar-refractivity contribution is 0.340. The first-order valence-corrected chi connectivity index (χ1v) is 7.84. The van der Waals surface area contributed by atoms with Crippen LogP contribution in [0.5, 0.6) is 5.75 Å². The van der Waals surface area contributed by atoms with Gasteiger partial charge < -0.3 is 15.0 Å². The van der Waals surface area contributed by atoms with Crippen molar-refractivity contribution in [2.75, 3.05) is 13.2 Å². The minimum Gasteiger partial charge on any atom is -0.494 e. The van der Waals surface area contributed by atoms with Crippen LogP contribution in [0.4, 0.5) is 0 Å². The number of H-pyrrole nitrogens is 1. The monoisotopic (exact) mass is 330 g/mol. The van der Waals surface area contributed by atoms with Crippen LogP contribution in [0.2, 0.25) is 0 Å². The molecular formula is C19H23ClN2O. The van der Waals surface area contributed by atoms with Gasteiger partial charge in [-0.3, -0.25) is 0 Å². The highest BCUT2D eigenvalue weighted by Crippen LogP contribution is 2.18. The second-order valence-electron chi connectivity index (χ2n) is 5.37. The standard InChI is InChI=1S/C19H22N2O.ClH/c1-2-22-17-7-5-6-15(12-17)13-20-11-10-16-14-21-19-9-4-3-8-18(16)19;/h3-9,12,14,20-21H,2,10-11,13H2,1H3;1H. The van der Waals surface area contributed by atoms with Crippen LogP contribution in [0.3, 0.4) is 0 Å². The first kappa shape index (κ1) is 17.4. The van der Waals surface area contributed by atoms with E-state index in [4.69, 9.17) is 4.74 Å². The minimum atomic E-state index is 0. The van der Waals surface area contributed by atoms with Gasteiger partial charge >= 0.3 is 0 Å². The summed E-state index contributed by atoms with van der Waals surface area (Å²) in [4.78, 5) is 3.32. The van der Waals surface area contributed by atoms with E-state index >= 15 is 0 Å². The van der Waals surface area contributed by atoms with Crippen LogP contribution in [0.25, 0.3) is 10.9 Å². The van der Waals surface area contributed by atoms with Crippen molar-refractivity contribution >= 4 is 23.3 Å². The smallest absolute Gasteiger partial charge is 0.119 e. The predicted molar refractivity (Wildman–Crippen MR) is 98.6 cm³/mol. The molecule has 1 aromatic heterocycles. The van der Waals surface area contributed by atoms with E-state index in [-0.39, 0.29) is 12.4 Å². The second kappa shape index (κ2) is 8.61. The average molecular weight is 331 g/mol. The Kier molecular flexibility index (Phi) is 6.51. The molecule has 3 aromatic rings. The lowest BCUT2D eigenvalue weighted by Gasteiger charge is -2.07. The maximum atomic E-state index is 5.53. The molecule has 0 atom stereocenters. The lowest BCUT2D eigenvalue weighted by Crippen LogP contribution is -2.16. The summed E-state index contributed by atoms with van der Waals surface area (Å²) in [5.74, 6) is 0.943. The van der Waals surface area contributed by atoms with Gasteiger partial charge in [-0.25, -0.2) is 0 Å². The zero-order valence-electron chi connectivity index (χ0n) is 13.3. The molecule has 2 aromatic carbocycles. The van der Waals surface area contributed by atoms with Gasteiger partial charge in [0.25, 0.3) is 0 Å². The highest BCUT2D eigenvalue weighted by atomic mass is 35.5. The minimum absolute atomic E-state index is 0. The topological polar surface area (TPSA) is 37.0 Å². The van der Waals surface area contributed by atoms with E-state index in [0.717, 1.165) is 25.3 Å². The maximum absolute atomic E-state index is 5.53. The third kappa shape index (κ3) is 4.50. The third-order valence-electron chi connectivity index (χ3n) is 3.78. The highest BCUT2D eigenvalue weighted by Gasteiger charge is 2.02. The Hall–Kier alpha value is -1.97. The number of hydrogen-bond acceptors (Lipinski definition) is 2. The molecule has 2 N–H and O–H groups in total. The largest absolute Gasteiger partial charge is 0.494 e. The molecular weight excluding hydrogens is 308 g/mol. The van der Waals surface area contributed by atoms with Gasteiger partial charge in [-0.1, -0.05) is 30.3 Å². The van der Waals surface area contributed by atoms with Gasteiger partial charge in [0.05, 0.1) is 6.61 Å². The van der Waals surface area contributed by atoms with Crippen LogP contribution >= 0.6 is 12.4 Å². The van der Waals surface area contributed by atoms with Gasteiger partial charge in [-0.15, -0.1) is 12.4 Å². The number of ether oxygens (including phenoxy) is 1. The molecule has 0 aliphatic heterocycles. The Morgan fingerprint density at radius 1 is 1.09 bits per heavy atom. The molecule has 0 saturated heterocycles. The summed E-state index contributed by atoms with van der Waals surface area (Å²) in [5, 5.41) is 4.83. The van der Waals surface area contributed by atoms with Gasteiger partial charge in [0, 0.05) is 23.6 Å². The van der Waals surface area contributed by atoms with Gasteiger partial charge in [-0.2, -0.15) is 0 Å². The van der Waals surface area contributed by atoms with Crippen molar-refractivity contribution in [2.45, 2.75) is 19.9 Å². The summed E-state index contributed by atoms with van der Waals surface area (Å²) in [6.45, 7) is 4.54. The summed E-state index contributed by atoms with van der Waals surface area (Å²) in [6, 6.07) is 16.7. The number of nitrogens with one attached hydrogen (secondary N) is 2. The molecule has 0 aliphatic rings. The predicted octanol–water partition coefficient (Wildman–Crippen LogP) is 4.32. The first-order valence-electron chi connectivity index (χ1n) is 7.84. The van der Waals surface area contributed by atoms with Gasteiger partial charge in [0.15, 0.2) is 0 Å². The molecule has 0 aliphatic carbocycles. The quantitative estimate of drug-likeness (QED) is 0.633. The van der Waals surface area contributed by atoms with Crippen LogP contribution in [0, 0.1) is 0 Å². The molecule has 0 bridgehead atoms. The SMILES string of the molecule is CCOc1cccc(CNCCc2c[nH]c3ccccc23)c1.Cl. The average Bonchev–Trinajstić information content (AvgIpc) is 2.96. The van der Waals surface area contributed by atoms with E-state index in [2.05, 4.69) is 52.9 Å². The summed E-state index contributed by atoms with van der Waals surface area (Å²) in [7, 11) is 0. The zero-order chi connectivity index (χ0) is 15.2. The van der Waals surface area contributed by atoms with E-state index in [9.17, 15) is 0 Å². The number of halogens is 1. The van der Waals surface area contributed by atoms with Crippen molar-refractivity contribution in [1.82, 2.24) is 10.3 Å². The number of fused-ring (bicyclic) bond motifs is 1. The van der Waals surface area contributed by atoms with Crippen LogP contribution in [0.1, 0.15) is 18.1 Å². The Morgan fingerprint density at radius 3 is 2.83 bits per heavy atom. The third-order valence-corrected chi connectivity index (χ3v) is 3.78. The molecule has 4 heteroatoms. The zero-order valence-corrected chi connectivity index (χ0v) is 14.2. The van der Waals surface area contributed by atoms with Gasteiger partial charge in [-0.05, 0) is 49.2 Å². The molecule has 0 fully saturated rings. The molecule has 3 nitrogen and oxygen atoms in total. The Morgan fingerprint density at radius 2 is 1.96 bits per heavy atom. The number of aromatic nitrogens is 1. The summed E-state index contributed by atoms with van der Waals surface area (Å²) < 4.78 is 5.53. The fourth-order valence-electron chi connectivity index (χ4n) is 2.71. The molecule has 23 heavy (non-hydrogen) atoms. The first-order chi connectivity index (χ1) is 10.9.